The molecule has 1 aliphatic rings. The van der Waals surface area contributed by atoms with Gasteiger partial charge in [-0.15, -0.1) is 0 Å². The predicted octanol–water partition coefficient (Wildman–Crippen LogP) is 5.13. The molecular weight excluding hydrogens is 399 g/mol. The Hall–Kier alpha value is -1.72. The van der Waals surface area contributed by atoms with Crippen LogP contribution < -0.4 is 4.74 Å². The second kappa shape index (κ2) is 8.11. The van der Waals surface area contributed by atoms with E-state index in [0.717, 1.165) is 11.3 Å². The van der Waals surface area contributed by atoms with Crippen LogP contribution in [-0.2, 0) is 15.6 Å². The average molecular weight is 427 g/mol. The fourth-order valence-corrected chi connectivity index (χ4v) is 6.39. The molecule has 0 aliphatic heterocycles. The van der Waals surface area contributed by atoms with Crippen molar-refractivity contribution in [2.75, 3.05) is 13.9 Å². The molecule has 0 saturated carbocycles. The number of methoxy groups -OCH3 is 1. The van der Waals surface area contributed by atoms with Gasteiger partial charge < -0.3 is 0 Å². The molecule has 142 valence electrons. The molecule has 3 heteroatoms. The van der Waals surface area contributed by atoms with Crippen molar-refractivity contribution in [3.8, 4) is 16.5 Å². The Labute approximate surface area is 169 Å². The van der Waals surface area contributed by atoms with E-state index in [1.165, 1.54) is 17.5 Å². The van der Waals surface area contributed by atoms with Gasteiger partial charge in [0, 0.05) is 0 Å². The van der Waals surface area contributed by atoms with E-state index in [-0.39, 0.29) is 32.6 Å². The molecule has 0 radical (unpaired) electrons. The van der Waals surface area contributed by atoms with Crippen LogP contribution in [0.25, 0.3) is 0 Å². The molecule has 2 aromatic carbocycles. The van der Waals surface area contributed by atoms with E-state index in [4.69, 9.17) is 9.47 Å². The fourth-order valence-electron chi connectivity index (χ4n) is 3.80. The second-order valence-corrected chi connectivity index (χ2v) is 10.4. The van der Waals surface area contributed by atoms with E-state index in [0.29, 0.717) is 4.82 Å². The third-order valence-corrected chi connectivity index (χ3v) is 8.10. The number of para-hydroxylation sites is 1. The molecule has 0 saturated heterocycles. The standard InChI is InChI=1S/C24H28O2Se/c1-23(2)16-22(24(3,4)20-12-8-7-11-19(20)23)27-15-14-18-10-6-9-13-21(18)26-17-25-5/h6-13,22H,16-17H2,1-5H3. The summed E-state index contributed by atoms with van der Waals surface area (Å²) >= 11 is 0.225. The molecule has 0 spiro atoms. The van der Waals surface area contributed by atoms with Gasteiger partial charge in [0.2, 0.25) is 0 Å². The Morgan fingerprint density at radius 1 is 1.00 bits per heavy atom. The maximum atomic E-state index is 5.63. The van der Waals surface area contributed by atoms with E-state index in [2.05, 4.69) is 62.7 Å². The van der Waals surface area contributed by atoms with Crippen LogP contribution in [0.5, 0.6) is 5.75 Å². The van der Waals surface area contributed by atoms with Gasteiger partial charge in [-0.05, 0) is 0 Å². The summed E-state index contributed by atoms with van der Waals surface area (Å²) in [5, 5.41) is 0. The second-order valence-electron chi connectivity index (χ2n) is 8.24. The van der Waals surface area contributed by atoms with Crippen LogP contribution in [0.4, 0.5) is 0 Å². The quantitative estimate of drug-likeness (QED) is 0.383. The van der Waals surface area contributed by atoms with Gasteiger partial charge in [0.15, 0.2) is 0 Å². The Kier molecular flexibility index (Phi) is 6.01. The van der Waals surface area contributed by atoms with Crippen molar-refractivity contribution < 1.29 is 9.47 Å². The molecule has 27 heavy (non-hydrogen) atoms. The summed E-state index contributed by atoms with van der Waals surface area (Å²) in [5.74, 6) is 4.14. The van der Waals surface area contributed by atoms with Gasteiger partial charge in [-0.25, -0.2) is 0 Å². The number of ether oxygens (including phenoxy) is 2. The van der Waals surface area contributed by atoms with E-state index < -0.39 is 0 Å². The van der Waals surface area contributed by atoms with E-state index in [9.17, 15) is 0 Å². The summed E-state index contributed by atoms with van der Waals surface area (Å²) in [6.45, 7) is 9.73. The third kappa shape index (κ3) is 4.25. The first-order valence-corrected chi connectivity index (χ1v) is 11.2. The van der Waals surface area contributed by atoms with Crippen LogP contribution in [0, 0.1) is 10.7 Å². The maximum absolute atomic E-state index is 5.63. The monoisotopic (exact) mass is 428 g/mol. The summed E-state index contributed by atoms with van der Waals surface area (Å²) < 4.78 is 10.6. The molecule has 1 aliphatic carbocycles. The molecule has 1 atom stereocenters. The van der Waals surface area contributed by atoms with Crippen molar-refractivity contribution in [2.24, 2.45) is 0 Å². The molecular formula is C24H28O2Se. The number of rotatable bonds is 4. The summed E-state index contributed by atoms with van der Waals surface area (Å²) in [5.41, 5.74) is 4.25. The van der Waals surface area contributed by atoms with Crippen molar-refractivity contribution in [3.63, 3.8) is 0 Å². The van der Waals surface area contributed by atoms with Gasteiger partial charge in [-0.2, -0.15) is 0 Å². The van der Waals surface area contributed by atoms with Crippen molar-refractivity contribution in [1.29, 1.82) is 0 Å². The normalized spacial score (nSPS) is 19.5. The summed E-state index contributed by atoms with van der Waals surface area (Å²) in [6.07, 6.45) is 1.17. The first kappa shape index (κ1) is 20.0. The molecule has 1 unspecified atom stereocenters. The molecule has 0 heterocycles. The number of hydrogen-bond donors (Lipinski definition) is 0. The zero-order valence-corrected chi connectivity index (χ0v) is 18.5. The molecule has 0 aromatic heterocycles. The average Bonchev–Trinajstić information content (AvgIpc) is 2.65. The van der Waals surface area contributed by atoms with Crippen molar-refractivity contribution >= 4 is 15.0 Å². The number of fused-ring (bicyclic) bond motifs is 1. The summed E-state index contributed by atoms with van der Waals surface area (Å²) in [7, 11) is 1.63. The topological polar surface area (TPSA) is 18.5 Å². The van der Waals surface area contributed by atoms with Crippen LogP contribution in [-0.4, -0.2) is 28.9 Å². The molecule has 0 N–H and O–H groups in total. The minimum atomic E-state index is 0.146. The van der Waals surface area contributed by atoms with Gasteiger partial charge >= 0.3 is 170 Å². The van der Waals surface area contributed by atoms with Crippen molar-refractivity contribution in [2.45, 2.75) is 49.8 Å². The van der Waals surface area contributed by atoms with Crippen LogP contribution in [0.3, 0.4) is 0 Å². The molecule has 3 rings (SSSR count). The van der Waals surface area contributed by atoms with Gasteiger partial charge in [-0.3, -0.25) is 0 Å². The Morgan fingerprint density at radius 3 is 2.41 bits per heavy atom. The number of benzene rings is 2. The first-order valence-electron chi connectivity index (χ1n) is 9.33. The van der Waals surface area contributed by atoms with E-state index in [1.807, 2.05) is 24.3 Å². The number of hydrogen-bond acceptors (Lipinski definition) is 2. The van der Waals surface area contributed by atoms with E-state index in [1.54, 1.807) is 7.11 Å². The SMILES string of the molecule is COCOc1ccccc1C#C[Se]C1CC(C)(C)c2ccccc2C1(C)C. The molecule has 0 amide bonds. The Bertz CT molecular complexity index is 858. The Morgan fingerprint density at radius 2 is 1.67 bits per heavy atom. The van der Waals surface area contributed by atoms with Gasteiger partial charge in [0.25, 0.3) is 0 Å². The first-order chi connectivity index (χ1) is 12.9. The van der Waals surface area contributed by atoms with Crippen LogP contribution in [0.2, 0.25) is 4.82 Å². The van der Waals surface area contributed by atoms with Gasteiger partial charge in [0.1, 0.15) is 0 Å². The van der Waals surface area contributed by atoms with Crippen LogP contribution >= 0.6 is 0 Å². The molecule has 0 fully saturated rings. The fraction of sp³-hybridized carbons (Fsp3) is 0.417. The van der Waals surface area contributed by atoms with Crippen molar-refractivity contribution in [3.05, 3.63) is 65.2 Å². The predicted molar refractivity (Wildman–Crippen MR) is 112 cm³/mol. The molecule has 0 bridgehead atoms. The van der Waals surface area contributed by atoms with E-state index >= 15 is 0 Å². The van der Waals surface area contributed by atoms with Gasteiger partial charge in [0.05, 0.1) is 0 Å². The van der Waals surface area contributed by atoms with Crippen LogP contribution in [0.1, 0.15) is 50.8 Å². The summed E-state index contributed by atoms with van der Waals surface area (Å²) in [4.78, 5) is 4.08. The minimum absolute atomic E-state index is 0.146. The Balaban J connectivity index is 1.83. The van der Waals surface area contributed by atoms with Crippen molar-refractivity contribution in [1.82, 2.24) is 0 Å². The zero-order chi connectivity index (χ0) is 19.5. The van der Waals surface area contributed by atoms with Gasteiger partial charge in [-0.1, -0.05) is 0 Å². The molecule has 2 nitrogen and oxygen atoms in total. The van der Waals surface area contributed by atoms with Crippen LogP contribution in [0.15, 0.2) is 48.5 Å². The molecule has 2 aromatic rings. The third-order valence-electron chi connectivity index (χ3n) is 5.46. The zero-order valence-electron chi connectivity index (χ0n) is 16.8. The summed E-state index contributed by atoms with van der Waals surface area (Å²) in [6, 6.07) is 16.9.